The molecule has 0 saturated heterocycles. The second-order valence-corrected chi connectivity index (χ2v) is 13.7. The molecule has 0 aliphatic heterocycles. The van der Waals surface area contributed by atoms with E-state index in [2.05, 4.69) is 31.1 Å². The third-order valence-corrected chi connectivity index (χ3v) is 10.1. The summed E-state index contributed by atoms with van der Waals surface area (Å²) in [6.45, 7) is 3.64. The Hall–Kier alpha value is -4.49. The molecule has 13 heteroatoms. The first kappa shape index (κ1) is 30.2. The average Bonchev–Trinajstić information content (AvgIpc) is 3.83. The number of aryl methyl sites for hydroxylation is 2. The Kier molecular flexibility index (Phi) is 7.89. The number of H-pyrrole nitrogens is 2. The molecule has 0 aliphatic carbocycles. The van der Waals surface area contributed by atoms with E-state index in [1.807, 2.05) is 67.8 Å². The molecular formula is C33H24BrClN6O3S2. The molecule has 0 radical (unpaired) electrons. The Balaban J connectivity index is 1.35. The fourth-order valence-corrected chi connectivity index (χ4v) is 7.56. The zero-order valence-electron chi connectivity index (χ0n) is 24.3. The van der Waals surface area contributed by atoms with Crippen LogP contribution in [-0.4, -0.2) is 34.6 Å². The molecule has 0 fully saturated rings. The number of nitrogens with one attached hydrogen (secondary N) is 2. The maximum Gasteiger partial charge on any atom is 0.277 e. The Morgan fingerprint density at radius 2 is 1.39 bits per heavy atom. The normalized spacial score (nSPS) is 12.1. The van der Waals surface area contributed by atoms with Crippen LogP contribution in [0.2, 0.25) is 5.02 Å². The number of hydrogen-bond donors (Lipinski definition) is 3. The largest absolute Gasteiger partial charge is 0.507 e. The quantitative estimate of drug-likeness (QED) is 0.155. The number of halogens is 2. The predicted molar refractivity (Wildman–Crippen MR) is 186 cm³/mol. The van der Waals surface area contributed by atoms with Crippen LogP contribution in [-0.2, 0) is 0 Å². The highest BCUT2D eigenvalue weighted by atomic mass is 79.9. The summed E-state index contributed by atoms with van der Waals surface area (Å²) in [5, 5.41) is 21.9. The smallest absolute Gasteiger partial charge is 0.277 e. The van der Waals surface area contributed by atoms with Gasteiger partial charge in [0.2, 0.25) is 10.3 Å². The highest BCUT2D eigenvalue weighted by Gasteiger charge is 2.31. The van der Waals surface area contributed by atoms with Crippen LogP contribution in [0.3, 0.4) is 0 Å². The van der Waals surface area contributed by atoms with Gasteiger partial charge in [-0.1, -0.05) is 63.9 Å². The second-order valence-electron chi connectivity index (χ2n) is 10.6. The van der Waals surface area contributed by atoms with Crippen LogP contribution in [0.25, 0.3) is 32.8 Å². The fraction of sp³-hybridized carbons (Fsp3) is 0.0909. The summed E-state index contributed by atoms with van der Waals surface area (Å²) in [4.78, 5) is 37.9. The number of benzene rings is 3. The van der Waals surface area contributed by atoms with E-state index in [-0.39, 0.29) is 16.9 Å². The third-order valence-electron chi connectivity index (χ3n) is 7.68. The third kappa shape index (κ3) is 5.36. The van der Waals surface area contributed by atoms with E-state index in [0.29, 0.717) is 54.8 Å². The van der Waals surface area contributed by atoms with Crippen molar-refractivity contribution in [1.29, 1.82) is 0 Å². The second kappa shape index (κ2) is 12.0. The monoisotopic (exact) mass is 730 g/mol. The summed E-state index contributed by atoms with van der Waals surface area (Å²) in [7, 11) is 0. The minimum Gasteiger partial charge on any atom is -0.507 e. The summed E-state index contributed by atoms with van der Waals surface area (Å²) in [6.07, 6.45) is 0. The molecule has 3 N–H and O–H groups in total. The van der Waals surface area contributed by atoms with Crippen LogP contribution in [0, 0.1) is 13.8 Å². The molecule has 0 saturated carbocycles. The first-order chi connectivity index (χ1) is 22.2. The molecule has 7 aromatic rings. The standard InChI is InChI=1S/C33H24BrClN6O3S2/c1-17-27(30(43)40(38-17)32-36-24(15-45-32)20-6-5-7-22(35)14-20)29(19-10-12-21(34)13-11-19)28-18(2)39-41(31(28)44)33-37-25(16-46-33)23-8-3-4-9-26(23)42/h3-16,29,38-39,42H,1-2H3. The van der Waals surface area contributed by atoms with Gasteiger partial charge >= 0.3 is 0 Å². The van der Waals surface area contributed by atoms with Gasteiger partial charge in [-0.15, -0.1) is 22.7 Å². The summed E-state index contributed by atoms with van der Waals surface area (Å²) >= 11 is 12.3. The van der Waals surface area contributed by atoms with Gasteiger partial charge in [-0.3, -0.25) is 19.8 Å². The van der Waals surface area contributed by atoms with E-state index >= 15 is 0 Å². The highest BCUT2D eigenvalue weighted by Crippen LogP contribution is 2.35. The van der Waals surface area contributed by atoms with E-state index in [1.165, 1.54) is 32.0 Å². The van der Waals surface area contributed by atoms with Crippen LogP contribution in [0.4, 0.5) is 0 Å². The molecule has 230 valence electrons. The van der Waals surface area contributed by atoms with Gasteiger partial charge in [0, 0.05) is 48.7 Å². The number of nitrogens with zero attached hydrogens (tertiary/aromatic N) is 4. The number of phenolic OH excluding ortho intramolecular Hbond substituents is 1. The molecule has 4 aromatic heterocycles. The number of hydrogen-bond acceptors (Lipinski definition) is 7. The summed E-state index contributed by atoms with van der Waals surface area (Å²) < 4.78 is 3.69. The zero-order chi connectivity index (χ0) is 32.1. The van der Waals surface area contributed by atoms with Gasteiger partial charge < -0.3 is 5.11 Å². The Morgan fingerprint density at radius 1 is 0.804 bits per heavy atom. The van der Waals surface area contributed by atoms with Gasteiger partial charge in [0.15, 0.2) is 0 Å². The van der Waals surface area contributed by atoms with E-state index in [9.17, 15) is 14.7 Å². The van der Waals surface area contributed by atoms with Crippen LogP contribution < -0.4 is 11.1 Å². The molecular weight excluding hydrogens is 708 g/mol. The van der Waals surface area contributed by atoms with Gasteiger partial charge in [-0.05, 0) is 55.8 Å². The molecule has 0 bridgehead atoms. The van der Waals surface area contributed by atoms with Crippen molar-refractivity contribution in [3.63, 3.8) is 0 Å². The molecule has 3 aromatic carbocycles. The van der Waals surface area contributed by atoms with Gasteiger partial charge in [0.25, 0.3) is 11.1 Å². The van der Waals surface area contributed by atoms with Crippen molar-refractivity contribution in [3.05, 3.63) is 142 Å². The van der Waals surface area contributed by atoms with Crippen molar-refractivity contribution < 1.29 is 5.11 Å². The van der Waals surface area contributed by atoms with E-state index in [4.69, 9.17) is 16.6 Å². The van der Waals surface area contributed by atoms with E-state index in [0.717, 1.165) is 15.6 Å². The molecule has 0 aliphatic rings. The number of thiazole rings is 2. The van der Waals surface area contributed by atoms with Crippen LogP contribution in [0.15, 0.2) is 97.6 Å². The maximum absolute atomic E-state index is 14.3. The van der Waals surface area contributed by atoms with Crippen molar-refractivity contribution in [3.8, 4) is 38.5 Å². The summed E-state index contributed by atoms with van der Waals surface area (Å²) in [6, 6.07) is 21.9. The summed E-state index contributed by atoms with van der Waals surface area (Å²) in [5.74, 6) is -0.599. The first-order valence-corrected chi connectivity index (χ1v) is 17.0. The number of phenols is 1. The predicted octanol–water partition coefficient (Wildman–Crippen LogP) is 7.81. The molecule has 1 unspecified atom stereocenters. The number of rotatable bonds is 7. The maximum atomic E-state index is 14.3. The number of aromatic hydroxyl groups is 1. The van der Waals surface area contributed by atoms with E-state index < -0.39 is 5.92 Å². The molecule has 0 spiro atoms. The van der Waals surface area contributed by atoms with Gasteiger partial charge in [-0.2, -0.15) is 9.36 Å². The van der Waals surface area contributed by atoms with Crippen molar-refractivity contribution in [2.75, 3.05) is 0 Å². The molecule has 0 amide bonds. The Morgan fingerprint density at radius 3 is 2.00 bits per heavy atom. The minimum absolute atomic E-state index is 0.101. The lowest BCUT2D eigenvalue weighted by molar-refractivity contribution is 0.477. The van der Waals surface area contributed by atoms with Crippen molar-refractivity contribution in [1.82, 2.24) is 29.5 Å². The van der Waals surface area contributed by atoms with Crippen molar-refractivity contribution in [2.45, 2.75) is 19.8 Å². The van der Waals surface area contributed by atoms with Crippen LogP contribution in [0.5, 0.6) is 5.75 Å². The molecule has 7 rings (SSSR count). The van der Waals surface area contributed by atoms with Crippen molar-refractivity contribution >= 4 is 50.2 Å². The first-order valence-electron chi connectivity index (χ1n) is 14.0. The topological polar surface area (TPSA) is 122 Å². The summed E-state index contributed by atoms with van der Waals surface area (Å²) in [5.41, 5.74) is 4.86. The number of aromatic amines is 2. The average molecular weight is 732 g/mol. The zero-order valence-corrected chi connectivity index (χ0v) is 28.3. The Bertz CT molecular complexity index is 2350. The van der Waals surface area contributed by atoms with Gasteiger partial charge in [0.05, 0.1) is 22.5 Å². The molecule has 46 heavy (non-hydrogen) atoms. The molecule has 4 heterocycles. The lowest BCUT2D eigenvalue weighted by atomic mass is 9.85. The Labute approximate surface area is 283 Å². The van der Waals surface area contributed by atoms with Crippen LogP contribution in [0.1, 0.15) is 34.0 Å². The molecule has 9 nitrogen and oxygen atoms in total. The number of aromatic nitrogens is 6. The SMILES string of the molecule is Cc1[nH]n(-c2nc(-c3cccc(Cl)c3)cs2)c(=O)c1C(c1ccc(Br)cc1)c1c(C)[nH]n(-c2nc(-c3ccccc3O)cs2)c1=O. The van der Waals surface area contributed by atoms with E-state index in [1.54, 1.807) is 29.6 Å². The van der Waals surface area contributed by atoms with Crippen molar-refractivity contribution in [2.24, 2.45) is 0 Å². The fourth-order valence-electron chi connectivity index (χ4n) is 5.53. The minimum atomic E-state index is -0.701. The number of para-hydroxylation sites is 1. The van der Waals surface area contributed by atoms with Gasteiger partial charge in [-0.25, -0.2) is 9.97 Å². The lowest BCUT2D eigenvalue weighted by Crippen LogP contribution is -2.25. The van der Waals surface area contributed by atoms with Crippen LogP contribution >= 0.6 is 50.2 Å². The van der Waals surface area contributed by atoms with Gasteiger partial charge in [0.1, 0.15) is 5.75 Å². The highest BCUT2D eigenvalue weighted by molar-refractivity contribution is 9.10. The molecule has 1 atom stereocenters. The lowest BCUT2D eigenvalue weighted by Gasteiger charge is -2.16.